The average molecular weight is 194 g/mol. The fraction of sp³-hybridized carbons (Fsp3) is 1.00. The van der Waals surface area contributed by atoms with Gasteiger partial charge < -0.3 is 4.90 Å². The highest BCUT2D eigenvalue weighted by Gasteiger charge is 2.40. The second kappa shape index (κ2) is 3.49. The number of piperidine rings is 3. The zero-order valence-electron chi connectivity index (χ0n) is 9.28. The van der Waals surface area contributed by atoms with Crippen molar-refractivity contribution in [3.05, 3.63) is 0 Å². The van der Waals surface area contributed by atoms with Crippen LogP contribution in [0.1, 0.15) is 25.7 Å². The Hall–Kier alpha value is -0.0800. The van der Waals surface area contributed by atoms with Gasteiger partial charge in [-0.25, -0.2) is 0 Å². The van der Waals surface area contributed by atoms with Gasteiger partial charge in [0.25, 0.3) is 0 Å². The van der Waals surface area contributed by atoms with E-state index in [0.29, 0.717) is 0 Å². The van der Waals surface area contributed by atoms with Crippen LogP contribution in [-0.2, 0) is 0 Å². The normalized spacial score (nSPS) is 44.8. The lowest BCUT2D eigenvalue weighted by atomic mass is 9.76. The Morgan fingerprint density at radius 1 is 1.07 bits per heavy atom. The standard InChI is InChI=1S/C12H22N2/c1-13-7-10-6-11(9-13)12-4-2-3-5-14(12)8-10/h10-12H,2-9H2,1H3/t10-,11-,12+/m1/s1. The monoisotopic (exact) mass is 194 g/mol. The van der Waals surface area contributed by atoms with Gasteiger partial charge in [-0.15, -0.1) is 0 Å². The van der Waals surface area contributed by atoms with Crippen molar-refractivity contribution >= 4 is 0 Å². The molecule has 2 bridgehead atoms. The topological polar surface area (TPSA) is 6.48 Å². The summed E-state index contributed by atoms with van der Waals surface area (Å²) in [6.45, 7) is 5.49. The highest BCUT2D eigenvalue weighted by molar-refractivity contribution is 4.94. The van der Waals surface area contributed by atoms with Crippen LogP contribution in [0.25, 0.3) is 0 Å². The third-order valence-corrected chi connectivity index (χ3v) is 4.45. The summed E-state index contributed by atoms with van der Waals surface area (Å²) in [5.74, 6) is 1.97. The first kappa shape index (κ1) is 9.17. The molecule has 0 aromatic carbocycles. The lowest BCUT2D eigenvalue weighted by Crippen LogP contribution is -2.58. The highest BCUT2D eigenvalue weighted by atomic mass is 15.2. The number of likely N-dealkylation sites (tertiary alicyclic amines) is 1. The molecule has 3 saturated heterocycles. The molecule has 3 heterocycles. The van der Waals surface area contributed by atoms with Crippen LogP contribution in [0.3, 0.4) is 0 Å². The van der Waals surface area contributed by atoms with Gasteiger partial charge in [0, 0.05) is 25.7 Å². The van der Waals surface area contributed by atoms with Crippen molar-refractivity contribution < 1.29 is 0 Å². The van der Waals surface area contributed by atoms with E-state index in [1.807, 2.05) is 0 Å². The van der Waals surface area contributed by atoms with E-state index in [1.165, 1.54) is 51.9 Å². The third kappa shape index (κ3) is 1.49. The van der Waals surface area contributed by atoms with Crippen molar-refractivity contribution in [2.75, 3.05) is 33.2 Å². The van der Waals surface area contributed by atoms with Crippen molar-refractivity contribution in [3.63, 3.8) is 0 Å². The molecule has 0 saturated carbocycles. The van der Waals surface area contributed by atoms with Gasteiger partial charge in [-0.1, -0.05) is 6.42 Å². The predicted molar refractivity (Wildman–Crippen MR) is 58.3 cm³/mol. The molecule has 0 aromatic rings. The zero-order valence-corrected chi connectivity index (χ0v) is 9.28. The third-order valence-electron chi connectivity index (χ3n) is 4.45. The smallest absolute Gasteiger partial charge is 0.0136 e. The van der Waals surface area contributed by atoms with Gasteiger partial charge in [0.2, 0.25) is 0 Å². The van der Waals surface area contributed by atoms with Crippen molar-refractivity contribution in [2.45, 2.75) is 31.7 Å². The fourth-order valence-corrected chi connectivity index (χ4v) is 4.01. The van der Waals surface area contributed by atoms with E-state index in [4.69, 9.17) is 0 Å². The molecule has 2 nitrogen and oxygen atoms in total. The minimum absolute atomic E-state index is 0.947. The van der Waals surface area contributed by atoms with E-state index < -0.39 is 0 Å². The molecule has 2 heteroatoms. The Morgan fingerprint density at radius 2 is 2.00 bits per heavy atom. The Labute approximate surface area is 87.3 Å². The Bertz CT molecular complexity index is 214. The molecular formula is C12H22N2. The molecule has 0 aromatic heterocycles. The first-order valence-corrected chi connectivity index (χ1v) is 6.25. The molecule has 3 rings (SSSR count). The molecule has 3 fully saturated rings. The van der Waals surface area contributed by atoms with Crippen molar-refractivity contribution in [2.24, 2.45) is 11.8 Å². The maximum atomic E-state index is 2.80. The van der Waals surface area contributed by atoms with Crippen LogP contribution >= 0.6 is 0 Å². The van der Waals surface area contributed by atoms with E-state index in [9.17, 15) is 0 Å². The van der Waals surface area contributed by atoms with Crippen LogP contribution in [0.15, 0.2) is 0 Å². The SMILES string of the molecule is CN1C[C@H]2C[C@H](C1)[C@@H]1CCCCN1C2. The molecule has 3 atom stereocenters. The lowest BCUT2D eigenvalue weighted by Gasteiger charge is -2.52. The molecule has 0 unspecified atom stereocenters. The molecule has 3 aliphatic heterocycles. The zero-order chi connectivity index (χ0) is 9.54. The van der Waals surface area contributed by atoms with Gasteiger partial charge in [0.15, 0.2) is 0 Å². The summed E-state index contributed by atoms with van der Waals surface area (Å²) in [5, 5.41) is 0. The largest absolute Gasteiger partial charge is 0.306 e. The van der Waals surface area contributed by atoms with Crippen LogP contribution < -0.4 is 0 Å². The molecule has 14 heavy (non-hydrogen) atoms. The maximum absolute atomic E-state index is 2.80. The molecular weight excluding hydrogens is 172 g/mol. The number of hydrogen-bond donors (Lipinski definition) is 0. The fourth-order valence-electron chi connectivity index (χ4n) is 4.01. The molecule has 0 amide bonds. The van der Waals surface area contributed by atoms with Crippen LogP contribution in [0, 0.1) is 11.8 Å². The van der Waals surface area contributed by atoms with E-state index in [2.05, 4.69) is 16.8 Å². The summed E-state index contributed by atoms with van der Waals surface area (Å²) < 4.78 is 0. The second-order valence-corrected chi connectivity index (χ2v) is 5.64. The van der Waals surface area contributed by atoms with Gasteiger partial charge in [-0.05, 0) is 44.7 Å². The predicted octanol–water partition coefficient (Wildman–Crippen LogP) is 1.42. The van der Waals surface area contributed by atoms with E-state index in [1.54, 1.807) is 0 Å². The van der Waals surface area contributed by atoms with E-state index >= 15 is 0 Å². The molecule has 0 aliphatic carbocycles. The van der Waals surface area contributed by atoms with E-state index in [-0.39, 0.29) is 0 Å². The number of nitrogens with zero attached hydrogens (tertiary/aromatic N) is 2. The molecule has 0 N–H and O–H groups in total. The Kier molecular flexibility index (Phi) is 2.29. The second-order valence-electron chi connectivity index (χ2n) is 5.64. The van der Waals surface area contributed by atoms with Gasteiger partial charge >= 0.3 is 0 Å². The first-order chi connectivity index (χ1) is 6.83. The number of fused-ring (bicyclic) bond motifs is 4. The summed E-state index contributed by atoms with van der Waals surface area (Å²) in [7, 11) is 2.30. The van der Waals surface area contributed by atoms with Crippen LogP contribution in [-0.4, -0.2) is 49.1 Å². The summed E-state index contributed by atoms with van der Waals surface area (Å²) in [6, 6.07) is 0.947. The minimum atomic E-state index is 0.947. The summed E-state index contributed by atoms with van der Waals surface area (Å²) in [4.78, 5) is 5.36. The van der Waals surface area contributed by atoms with Crippen LogP contribution in [0.5, 0.6) is 0 Å². The minimum Gasteiger partial charge on any atom is -0.306 e. The summed E-state index contributed by atoms with van der Waals surface area (Å²) in [6.07, 6.45) is 5.93. The molecule has 80 valence electrons. The van der Waals surface area contributed by atoms with Gasteiger partial charge in [-0.2, -0.15) is 0 Å². The van der Waals surface area contributed by atoms with Crippen LogP contribution in [0.2, 0.25) is 0 Å². The molecule has 3 aliphatic rings. The number of hydrogen-bond acceptors (Lipinski definition) is 2. The Balaban J connectivity index is 1.76. The van der Waals surface area contributed by atoms with Gasteiger partial charge in [0.1, 0.15) is 0 Å². The quantitative estimate of drug-likeness (QED) is 0.575. The van der Waals surface area contributed by atoms with Crippen molar-refractivity contribution in [1.29, 1.82) is 0 Å². The van der Waals surface area contributed by atoms with Crippen molar-refractivity contribution in [1.82, 2.24) is 9.80 Å². The highest BCUT2D eigenvalue weighted by Crippen LogP contribution is 2.36. The summed E-state index contributed by atoms with van der Waals surface area (Å²) >= 11 is 0. The average Bonchev–Trinajstić information content (AvgIpc) is 2.17. The van der Waals surface area contributed by atoms with Crippen LogP contribution in [0.4, 0.5) is 0 Å². The van der Waals surface area contributed by atoms with Gasteiger partial charge in [0.05, 0.1) is 0 Å². The Morgan fingerprint density at radius 3 is 2.93 bits per heavy atom. The summed E-state index contributed by atoms with van der Waals surface area (Å²) in [5.41, 5.74) is 0. The first-order valence-electron chi connectivity index (χ1n) is 6.25. The van der Waals surface area contributed by atoms with Crippen molar-refractivity contribution in [3.8, 4) is 0 Å². The maximum Gasteiger partial charge on any atom is 0.0136 e. The van der Waals surface area contributed by atoms with E-state index in [0.717, 1.165) is 17.9 Å². The van der Waals surface area contributed by atoms with Gasteiger partial charge in [-0.3, -0.25) is 4.90 Å². The lowest BCUT2D eigenvalue weighted by molar-refractivity contribution is -0.0231. The number of rotatable bonds is 0. The molecule has 0 radical (unpaired) electrons. The molecule has 0 spiro atoms.